The molecule has 1 N–H and O–H groups in total. The Bertz CT molecular complexity index is 964. The summed E-state index contributed by atoms with van der Waals surface area (Å²) in [5.41, 5.74) is 1.17. The van der Waals surface area contributed by atoms with Gasteiger partial charge in [0.25, 0.3) is 5.91 Å². The number of carbonyl (C=O) groups excluding carboxylic acids is 1. The van der Waals surface area contributed by atoms with E-state index in [-0.39, 0.29) is 11.3 Å². The molecule has 150 valence electrons. The average molecular weight is 389 g/mol. The zero-order valence-electron chi connectivity index (χ0n) is 16.8. The zero-order valence-corrected chi connectivity index (χ0v) is 16.8. The minimum atomic E-state index is -0.566. The molecule has 3 aromatic carbocycles. The van der Waals surface area contributed by atoms with Crippen molar-refractivity contribution in [2.24, 2.45) is 0 Å². The molecule has 0 bridgehead atoms. The quantitative estimate of drug-likeness (QED) is 0.677. The van der Waals surface area contributed by atoms with E-state index in [1.54, 1.807) is 6.92 Å². The van der Waals surface area contributed by atoms with Crippen LogP contribution in [0, 0.1) is 0 Å². The molecule has 0 radical (unpaired) electrons. The molecule has 0 aliphatic carbocycles. The molecule has 3 aromatic rings. The van der Waals surface area contributed by atoms with E-state index in [4.69, 9.17) is 9.47 Å². The van der Waals surface area contributed by atoms with E-state index in [2.05, 4.69) is 35.6 Å². The summed E-state index contributed by atoms with van der Waals surface area (Å²) in [6, 6.07) is 24.4. The predicted molar refractivity (Wildman–Crippen MR) is 115 cm³/mol. The minimum absolute atomic E-state index is 0.0855. The maximum atomic E-state index is 12.8. The number of hydrogen-bond acceptors (Lipinski definition) is 3. The van der Waals surface area contributed by atoms with Gasteiger partial charge in [0.05, 0.1) is 0 Å². The van der Waals surface area contributed by atoms with E-state index in [9.17, 15) is 4.79 Å². The predicted octanol–water partition coefficient (Wildman–Crippen LogP) is 4.47. The van der Waals surface area contributed by atoms with E-state index in [1.165, 1.54) is 5.56 Å². The number of amides is 1. The molecule has 4 nitrogen and oxygen atoms in total. The van der Waals surface area contributed by atoms with Crippen molar-refractivity contribution in [3.63, 3.8) is 0 Å². The second kappa shape index (κ2) is 8.66. The first-order chi connectivity index (χ1) is 14.2. The molecule has 1 aliphatic rings. The number of benzene rings is 3. The molecular weight excluding hydrogens is 362 g/mol. The second-order valence-corrected chi connectivity index (χ2v) is 7.75. The molecule has 1 heterocycles. The Morgan fingerprint density at radius 3 is 2.45 bits per heavy atom. The topological polar surface area (TPSA) is 47.6 Å². The van der Waals surface area contributed by atoms with Crippen LogP contribution in [0.15, 0.2) is 72.8 Å². The third kappa shape index (κ3) is 4.43. The van der Waals surface area contributed by atoms with E-state index < -0.39 is 6.10 Å². The van der Waals surface area contributed by atoms with E-state index in [0.29, 0.717) is 25.5 Å². The van der Waals surface area contributed by atoms with E-state index in [0.717, 1.165) is 23.6 Å². The summed E-state index contributed by atoms with van der Waals surface area (Å²) >= 11 is 0. The summed E-state index contributed by atoms with van der Waals surface area (Å²) in [6.07, 6.45) is 1.23. The molecule has 4 rings (SSSR count). The van der Waals surface area contributed by atoms with Crippen LogP contribution in [-0.4, -0.2) is 31.8 Å². The highest BCUT2D eigenvalue weighted by Crippen LogP contribution is 2.34. The van der Waals surface area contributed by atoms with Crippen molar-refractivity contribution >= 4 is 16.7 Å². The Morgan fingerprint density at radius 1 is 1.00 bits per heavy atom. The largest absolute Gasteiger partial charge is 0.481 e. The Balaban J connectivity index is 1.42. The Labute approximate surface area is 171 Å². The third-order valence-electron chi connectivity index (χ3n) is 5.84. The van der Waals surface area contributed by atoms with Gasteiger partial charge >= 0.3 is 0 Å². The maximum Gasteiger partial charge on any atom is 0.260 e. The van der Waals surface area contributed by atoms with Gasteiger partial charge in [0.15, 0.2) is 6.10 Å². The molecule has 0 aromatic heterocycles. The van der Waals surface area contributed by atoms with Crippen LogP contribution in [-0.2, 0) is 14.9 Å². The highest BCUT2D eigenvalue weighted by Gasteiger charge is 2.35. The van der Waals surface area contributed by atoms with Gasteiger partial charge in [-0.1, -0.05) is 60.7 Å². The second-order valence-electron chi connectivity index (χ2n) is 7.75. The molecular formula is C25H27NO3. The number of carbonyl (C=O) groups is 1. The highest BCUT2D eigenvalue weighted by molar-refractivity contribution is 5.84. The van der Waals surface area contributed by atoms with Gasteiger partial charge in [-0.25, -0.2) is 0 Å². The van der Waals surface area contributed by atoms with Crippen LogP contribution in [0.5, 0.6) is 5.75 Å². The Hall–Kier alpha value is -2.85. The fourth-order valence-electron chi connectivity index (χ4n) is 4.02. The molecule has 1 fully saturated rings. The molecule has 29 heavy (non-hydrogen) atoms. The van der Waals surface area contributed by atoms with Gasteiger partial charge in [-0.3, -0.25) is 4.79 Å². The number of rotatable bonds is 6. The summed E-state index contributed by atoms with van der Waals surface area (Å²) in [4.78, 5) is 12.8. The van der Waals surface area contributed by atoms with Crippen molar-refractivity contribution in [3.05, 3.63) is 78.4 Å². The van der Waals surface area contributed by atoms with Crippen LogP contribution in [0.4, 0.5) is 0 Å². The Kier molecular flexibility index (Phi) is 5.81. The van der Waals surface area contributed by atoms with Crippen LogP contribution in [0.3, 0.4) is 0 Å². The van der Waals surface area contributed by atoms with Crippen LogP contribution in [0.25, 0.3) is 10.8 Å². The fourth-order valence-corrected chi connectivity index (χ4v) is 4.02. The fraction of sp³-hybridized carbons (Fsp3) is 0.320. The number of fused-ring (bicyclic) bond motifs is 1. The molecule has 0 unspecified atom stereocenters. The lowest BCUT2D eigenvalue weighted by atomic mass is 9.74. The third-order valence-corrected chi connectivity index (χ3v) is 5.84. The van der Waals surface area contributed by atoms with Crippen LogP contribution >= 0.6 is 0 Å². The van der Waals surface area contributed by atoms with Crippen LogP contribution < -0.4 is 10.1 Å². The van der Waals surface area contributed by atoms with Crippen molar-refractivity contribution in [1.29, 1.82) is 0 Å². The Morgan fingerprint density at radius 2 is 1.69 bits per heavy atom. The normalized spacial score (nSPS) is 16.9. The monoisotopic (exact) mass is 389 g/mol. The molecule has 0 saturated carbocycles. The average Bonchev–Trinajstić information content (AvgIpc) is 2.78. The van der Waals surface area contributed by atoms with Gasteiger partial charge in [0.1, 0.15) is 5.75 Å². The lowest BCUT2D eigenvalue weighted by Gasteiger charge is -2.38. The summed E-state index contributed by atoms with van der Waals surface area (Å²) in [5, 5.41) is 5.38. The first-order valence-electron chi connectivity index (χ1n) is 10.2. The molecule has 1 aliphatic heterocycles. The maximum absolute atomic E-state index is 12.8. The highest BCUT2D eigenvalue weighted by atomic mass is 16.5. The molecule has 1 atom stereocenters. The summed E-state index contributed by atoms with van der Waals surface area (Å²) in [5.74, 6) is 0.607. The van der Waals surface area contributed by atoms with Gasteiger partial charge in [-0.05, 0) is 48.2 Å². The SMILES string of the molecule is C[C@@H](Oc1ccc2ccccc2c1)C(=O)NCC1(c2ccccc2)CCOCC1. The lowest BCUT2D eigenvalue weighted by Crippen LogP contribution is -2.47. The molecule has 4 heteroatoms. The number of ether oxygens (including phenoxy) is 2. The summed E-state index contributed by atoms with van der Waals surface area (Å²) in [7, 11) is 0. The van der Waals surface area contributed by atoms with Crippen LogP contribution in [0.2, 0.25) is 0 Å². The van der Waals surface area contributed by atoms with Crippen molar-refractivity contribution in [3.8, 4) is 5.75 Å². The van der Waals surface area contributed by atoms with Crippen molar-refractivity contribution in [2.75, 3.05) is 19.8 Å². The molecule has 0 spiro atoms. The van der Waals surface area contributed by atoms with Crippen molar-refractivity contribution in [1.82, 2.24) is 5.32 Å². The number of hydrogen-bond donors (Lipinski definition) is 1. The smallest absolute Gasteiger partial charge is 0.260 e. The first-order valence-corrected chi connectivity index (χ1v) is 10.2. The van der Waals surface area contributed by atoms with Gasteiger partial charge < -0.3 is 14.8 Å². The van der Waals surface area contributed by atoms with Gasteiger partial charge in [0, 0.05) is 25.2 Å². The van der Waals surface area contributed by atoms with Crippen LogP contribution in [0.1, 0.15) is 25.3 Å². The standard InChI is InChI=1S/C25H27NO3/c1-19(29-23-12-11-20-7-5-6-8-21(20)17-23)24(27)26-18-25(13-15-28-16-14-25)22-9-3-2-4-10-22/h2-12,17,19H,13-16,18H2,1H3,(H,26,27)/t19-/m1/s1. The molecule has 1 amide bonds. The number of nitrogens with one attached hydrogen (secondary N) is 1. The zero-order chi connectivity index (χ0) is 20.1. The van der Waals surface area contributed by atoms with Crippen molar-refractivity contribution in [2.45, 2.75) is 31.3 Å². The first kappa shape index (κ1) is 19.5. The van der Waals surface area contributed by atoms with Gasteiger partial charge in [0.2, 0.25) is 0 Å². The molecule has 1 saturated heterocycles. The van der Waals surface area contributed by atoms with E-state index >= 15 is 0 Å². The lowest BCUT2D eigenvalue weighted by molar-refractivity contribution is -0.127. The minimum Gasteiger partial charge on any atom is -0.481 e. The van der Waals surface area contributed by atoms with Gasteiger partial charge in [-0.2, -0.15) is 0 Å². The van der Waals surface area contributed by atoms with Gasteiger partial charge in [-0.15, -0.1) is 0 Å². The summed E-state index contributed by atoms with van der Waals surface area (Å²) < 4.78 is 11.5. The summed E-state index contributed by atoms with van der Waals surface area (Å²) in [6.45, 7) is 3.82. The van der Waals surface area contributed by atoms with Crippen molar-refractivity contribution < 1.29 is 14.3 Å². The van der Waals surface area contributed by atoms with E-state index in [1.807, 2.05) is 42.5 Å².